The zero-order valence-electron chi connectivity index (χ0n) is 7.72. The third kappa shape index (κ3) is 3.13. The number of rotatable bonds is 2. The maximum atomic E-state index is 10.6. The van der Waals surface area contributed by atoms with Gasteiger partial charge in [0.05, 0.1) is 10.0 Å². The van der Waals surface area contributed by atoms with Crippen LogP contribution in [0.5, 0.6) is 0 Å². The Kier molecular flexibility index (Phi) is 4.03. The van der Waals surface area contributed by atoms with Crippen LogP contribution in [0.2, 0.25) is 15.1 Å². The van der Waals surface area contributed by atoms with Gasteiger partial charge in [-0.3, -0.25) is 0 Å². The fourth-order valence-electron chi connectivity index (χ4n) is 0.970. The fourth-order valence-corrected chi connectivity index (χ4v) is 1.90. The molecule has 0 radical (unpaired) electrons. The van der Waals surface area contributed by atoms with E-state index in [2.05, 4.69) is 0 Å². The molecule has 0 aliphatic heterocycles. The van der Waals surface area contributed by atoms with Crippen molar-refractivity contribution in [2.24, 2.45) is 0 Å². The molecule has 0 aliphatic rings. The highest BCUT2D eigenvalue weighted by Gasteiger charge is 2.08. The number of hydrogen-bond donors (Lipinski definition) is 1. The average molecular weight is 266 g/mol. The van der Waals surface area contributed by atoms with Crippen LogP contribution in [0.25, 0.3) is 6.08 Å². The molecular formula is C10H7Cl3O2. The Hall–Kier alpha value is -0.700. The average Bonchev–Trinajstić information content (AvgIpc) is 2.10. The van der Waals surface area contributed by atoms with Gasteiger partial charge in [0.1, 0.15) is 0 Å². The van der Waals surface area contributed by atoms with Crippen LogP contribution in [0.4, 0.5) is 0 Å². The highest BCUT2D eigenvalue weighted by Crippen LogP contribution is 2.30. The SMILES string of the molecule is C/C(=C\c1c(Cl)cc(Cl)cc1Cl)C(=O)O. The molecule has 1 aromatic carbocycles. The van der Waals surface area contributed by atoms with Crippen molar-refractivity contribution in [1.29, 1.82) is 0 Å². The summed E-state index contributed by atoms with van der Waals surface area (Å²) in [5.41, 5.74) is 0.615. The van der Waals surface area contributed by atoms with E-state index < -0.39 is 5.97 Å². The largest absolute Gasteiger partial charge is 0.478 e. The maximum absolute atomic E-state index is 10.6. The lowest BCUT2D eigenvalue weighted by Crippen LogP contribution is -1.95. The summed E-state index contributed by atoms with van der Waals surface area (Å²) < 4.78 is 0. The van der Waals surface area contributed by atoms with E-state index in [1.807, 2.05) is 0 Å². The summed E-state index contributed by atoms with van der Waals surface area (Å²) in [6.07, 6.45) is 1.41. The molecule has 0 saturated heterocycles. The summed E-state index contributed by atoms with van der Waals surface area (Å²) in [6, 6.07) is 3.02. The second-order valence-corrected chi connectivity index (χ2v) is 4.17. The minimum Gasteiger partial charge on any atom is -0.478 e. The van der Waals surface area contributed by atoms with E-state index in [4.69, 9.17) is 39.9 Å². The lowest BCUT2D eigenvalue weighted by Gasteiger charge is -2.03. The van der Waals surface area contributed by atoms with Crippen LogP contribution < -0.4 is 0 Å². The molecule has 0 unspecified atom stereocenters. The summed E-state index contributed by atoms with van der Waals surface area (Å²) in [7, 11) is 0. The molecule has 1 N–H and O–H groups in total. The number of aliphatic carboxylic acids is 1. The van der Waals surface area contributed by atoms with Crippen LogP contribution >= 0.6 is 34.8 Å². The Morgan fingerprint density at radius 1 is 1.27 bits per heavy atom. The molecule has 5 heteroatoms. The smallest absolute Gasteiger partial charge is 0.331 e. The van der Waals surface area contributed by atoms with Gasteiger partial charge in [-0.15, -0.1) is 0 Å². The second kappa shape index (κ2) is 4.88. The zero-order chi connectivity index (χ0) is 11.6. The molecule has 0 amide bonds. The molecule has 0 bridgehead atoms. The van der Waals surface area contributed by atoms with Gasteiger partial charge < -0.3 is 5.11 Å². The molecule has 80 valence electrons. The van der Waals surface area contributed by atoms with Crippen molar-refractivity contribution in [3.8, 4) is 0 Å². The van der Waals surface area contributed by atoms with Gasteiger partial charge in [-0.2, -0.15) is 0 Å². The molecule has 15 heavy (non-hydrogen) atoms. The molecule has 0 heterocycles. The number of benzene rings is 1. The third-order valence-electron chi connectivity index (χ3n) is 1.74. The van der Waals surface area contributed by atoms with Gasteiger partial charge >= 0.3 is 5.97 Å². The Balaban J connectivity index is 3.27. The molecule has 0 saturated carbocycles. The van der Waals surface area contributed by atoms with Crippen LogP contribution in [-0.4, -0.2) is 11.1 Å². The quantitative estimate of drug-likeness (QED) is 0.816. The summed E-state index contributed by atoms with van der Waals surface area (Å²) in [5.74, 6) is -1.02. The molecular weight excluding hydrogens is 258 g/mol. The van der Waals surface area contributed by atoms with E-state index >= 15 is 0 Å². The van der Waals surface area contributed by atoms with Crippen LogP contribution in [0.1, 0.15) is 12.5 Å². The number of halogens is 3. The van der Waals surface area contributed by atoms with Crippen molar-refractivity contribution in [3.63, 3.8) is 0 Å². The van der Waals surface area contributed by atoms with Crippen LogP contribution in [-0.2, 0) is 4.79 Å². The minimum atomic E-state index is -1.02. The van der Waals surface area contributed by atoms with Crippen LogP contribution in [0.15, 0.2) is 17.7 Å². The zero-order valence-corrected chi connectivity index (χ0v) is 9.99. The number of carboxylic acid groups (broad SMARTS) is 1. The Morgan fingerprint density at radius 2 is 1.73 bits per heavy atom. The standard InChI is InChI=1S/C10H7Cl3O2/c1-5(10(14)15)2-7-8(12)3-6(11)4-9(7)13/h2-4H,1H3,(H,14,15)/b5-2+. The van der Waals surface area contributed by atoms with E-state index in [1.165, 1.54) is 25.1 Å². The molecule has 1 rings (SSSR count). The van der Waals surface area contributed by atoms with Gasteiger partial charge in [0, 0.05) is 16.2 Å². The maximum Gasteiger partial charge on any atom is 0.331 e. The summed E-state index contributed by atoms with van der Waals surface area (Å²) in [6.45, 7) is 1.46. The first-order valence-corrected chi connectivity index (χ1v) is 5.11. The van der Waals surface area contributed by atoms with Gasteiger partial charge in [-0.05, 0) is 25.1 Å². The molecule has 0 fully saturated rings. The normalized spacial score (nSPS) is 11.6. The Bertz CT molecular complexity index is 415. The Morgan fingerprint density at radius 3 is 2.13 bits per heavy atom. The van der Waals surface area contributed by atoms with Crippen molar-refractivity contribution in [2.45, 2.75) is 6.92 Å². The van der Waals surface area contributed by atoms with E-state index in [-0.39, 0.29) is 5.57 Å². The van der Waals surface area contributed by atoms with E-state index in [1.54, 1.807) is 0 Å². The summed E-state index contributed by atoms with van der Waals surface area (Å²) >= 11 is 17.5. The lowest BCUT2D eigenvalue weighted by atomic mass is 10.1. The first-order valence-electron chi connectivity index (χ1n) is 3.98. The van der Waals surface area contributed by atoms with E-state index in [9.17, 15) is 4.79 Å². The third-order valence-corrected chi connectivity index (χ3v) is 2.59. The predicted molar refractivity (Wildman–Crippen MR) is 62.8 cm³/mol. The van der Waals surface area contributed by atoms with Gasteiger partial charge in [0.2, 0.25) is 0 Å². The van der Waals surface area contributed by atoms with Crippen molar-refractivity contribution in [3.05, 3.63) is 38.3 Å². The number of hydrogen-bond acceptors (Lipinski definition) is 1. The highest BCUT2D eigenvalue weighted by molar-refractivity contribution is 6.40. The lowest BCUT2D eigenvalue weighted by molar-refractivity contribution is -0.132. The molecule has 0 atom stereocenters. The second-order valence-electron chi connectivity index (χ2n) is 2.92. The number of carbonyl (C=O) groups is 1. The van der Waals surface area contributed by atoms with Crippen molar-refractivity contribution in [2.75, 3.05) is 0 Å². The monoisotopic (exact) mass is 264 g/mol. The predicted octanol–water partition coefficient (Wildman–Crippen LogP) is 4.13. The minimum absolute atomic E-state index is 0.154. The summed E-state index contributed by atoms with van der Waals surface area (Å²) in [4.78, 5) is 10.6. The first-order chi connectivity index (χ1) is 6.91. The number of carboxylic acids is 1. The van der Waals surface area contributed by atoms with Crippen LogP contribution in [0.3, 0.4) is 0 Å². The highest BCUT2D eigenvalue weighted by atomic mass is 35.5. The molecule has 0 aromatic heterocycles. The van der Waals surface area contributed by atoms with Crippen molar-refractivity contribution in [1.82, 2.24) is 0 Å². The van der Waals surface area contributed by atoms with Crippen molar-refractivity contribution >= 4 is 46.8 Å². The Labute approximate surface area is 102 Å². The molecule has 1 aromatic rings. The molecule has 0 aliphatic carbocycles. The van der Waals surface area contributed by atoms with Crippen molar-refractivity contribution < 1.29 is 9.90 Å². The van der Waals surface area contributed by atoms with Gasteiger partial charge in [-0.1, -0.05) is 34.8 Å². The van der Waals surface area contributed by atoms with E-state index in [0.29, 0.717) is 20.6 Å². The van der Waals surface area contributed by atoms with Gasteiger partial charge in [0.25, 0.3) is 0 Å². The van der Waals surface area contributed by atoms with Gasteiger partial charge in [-0.25, -0.2) is 4.79 Å². The first kappa shape index (κ1) is 12.4. The fraction of sp³-hybridized carbons (Fsp3) is 0.100. The molecule has 2 nitrogen and oxygen atoms in total. The van der Waals surface area contributed by atoms with Crippen LogP contribution in [0, 0.1) is 0 Å². The molecule has 0 spiro atoms. The van der Waals surface area contributed by atoms with Gasteiger partial charge in [0.15, 0.2) is 0 Å². The summed E-state index contributed by atoms with van der Waals surface area (Å²) in [5, 5.41) is 9.77. The topological polar surface area (TPSA) is 37.3 Å². The van der Waals surface area contributed by atoms with E-state index in [0.717, 1.165) is 0 Å².